The first-order chi connectivity index (χ1) is 13.6. The minimum Gasteiger partial charge on any atom is -0.337 e. The topological polar surface area (TPSA) is 41.4 Å². The van der Waals surface area contributed by atoms with E-state index in [1.54, 1.807) is 11.3 Å². The molecule has 0 saturated carbocycles. The summed E-state index contributed by atoms with van der Waals surface area (Å²) in [7, 11) is 0. The lowest BCUT2D eigenvalue weighted by atomic mass is 10.1. The van der Waals surface area contributed by atoms with Crippen LogP contribution < -0.4 is 0 Å². The standard InChI is InChI=1S/C21H21FN4OS/c1-14-23-17(13-28-14)10-26-20-12-24(9-15-4-6-16(22)7-5-15)11-19(20)25-8-2-3-18(25)21(26)27/h2-8,13,19-20H,9-12H2,1H3/t19-,20+/m1/s1. The van der Waals surface area contributed by atoms with Crippen LogP contribution in [0.5, 0.6) is 0 Å². The van der Waals surface area contributed by atoms with Crippen LogP contribution in [0.25, 0.3) is 0 Å². The number of nitrogens with zero attached hydrogens (tertiary/aromatic N) is 4. The van der Waals surface area contributed by atoms with Crippen molar-refractivity contribution in [2.75, 3.05) is 13.1 Å². The number of thiazole rings is 1. The van der Waals surface area contributed by atoms with Gasteiger partial charge in [-0.3, -0.25) is 9.69 Å². The molecule has 5 nitrogen and oxygen atoms in total. The maximum Gasteiger partial charge on any atom is 0.271 e. The van der Waals surface area contributed by atoms with Crippen molar-refractivity contribution in [1.82, 2.24) is 19.4 Å². The van der Waals surface area contributed by atoms with Gasteiger partial charge in [0.2, 0.25) is 0 Å². The van der Waals surface area contributed by atoms with Crippen LogP contribution in [0.3, 0.4) is 0 Å². The Morgan fingerprint density at radius 1 is 1.14 bits per heavy atom. The minimum atomic E-state index is -0.217. The highest BCUT2D eigenvalue weighted by Crippen LogP contribution is 2.35. The fraction of sp³-hybridized carbons (Fsp3) is 0.333. The fourth-order valence-electron chi connectivity index (χ4n) is 4.41. The van der Waals surface area contributed by atoms with Crippen LogP contribution in [-0.2, 0) is 13.1 Å². The second-order valence-corrected chi connectivity index (χ2v) is 8.61. The summed E-state index contributed by atoms with van der Waals surface area (Å²) >= 11 is 1.61. The third kappa shape index (κ3) is 3.04. The van der Waals surface area contributed by atoms with Crippen molar-refractivity contribution < 1.29 is 9.18 Å². The van der Waals surface area contributed by atoms with E-state index in [0.29, 0.717) is 6.54 Å². The molecule has 5 rings (SSSR count). The average molecular weight is 396 g/mol. The van der Waals surface area contributed by atoms with Crippen molar-refractivity contribution in [3.63, 3.8) is 0 Å². The van der Waals surface area contributed by atoms with E-state index in [-0.39, 0.29) is 23.8 Å². The number of likely N-dealkylation sites (tertiary alicyclic amines) is 1. The first kappa shape index (κ1) is 17.6. The molecule has 3 aromatic rings. The molecule has 0 aliphatic carbocycles. The molecule has 4 heterocycles. The number of amides is 1. The molecular formula is C21H21FN4OS. The van der Waals surface area contributed by atoms with E-state index in [1.807, 2.05) is 47.7 Å². The summed E-state index contributed by atoms with van der Waals surface area (Å²) < 4.78 is 15.3. The summed E-state index contributed by atoms with van der Waals surface area (Å²) in [6.07, 6.45) is 2.01. The number of aromatic nitrogens is 2. The lowest BCUT2D eigenvalue weighted by Crippen LogP contribution is -2.49. The number of benzene rings is 1. The van der Waals surface area contributed by atoms with Crippen LogP contribution in [0.4, 0.5) is 4.39 Å². The van der Waals surface area contributed by atoms with Crippen LogP contribution in [0.15, 0.2) is 48.0 Å². The molecule has 1 fully saturated rings. The summed E-state index contributed by atoms with van der Waals surface area (Å²) in [5, 5.41) is 3.06. The summed E-state index contributed by atoms with van der Waals surface area (Å²) in [6.45, 7) is 4.94. The maximum atomic E-state index is 13.2. The van der Waals surface area contributed by atoms with Gasteiger partial charge in [-0.2, -0.15) is 0 Å². The number of carbonyl (C=O) groups excluding carboxylic acids is 1. The van der Waals surface area contributed by atoms with Gasteiger partial charge >= 0.3 is 0 Å². The normalized spacial score (nSPS) is 21.8. The van der Waals surface area contributed by atoms with Crippen LogP contribution >= 0.6 is 11.3 Å². The first-order valence-electron chi connectivity index (χ1n) is 9.44. The van der Waals surface area contributed by atoms with Crippen molar-refractivity contribution in [3.8, 4) is 0 Å². The van der Waals surface area contributed by atoms with Crippen LogP contribution in [0, 0.1) is 12.7 Å². The lowest BCUT2D eigenvalue weighted by molar-refractivity contribution is 0.0553. The molecule has 0 spiro atoms. The third-order valence-electron chi connectivity index (χ3n) is 5.67. The molecular weight excluding hydrogens is 375 g/mol. The molecule has 1 saturated heterocycles. The van der Waals surface area contributed by atoms with Gasteiger partial charge in [0.25, 0.3) is 5.91 Å². The Bertz CT molecular complexity index is 1010. The Hall–Kier alpha value is -2.51. The molecule has 2 aliphatic rings. The van der Waals surface area contributed by atoms with E-state index in [0.717, 1.165) is 41.6 Å². The van der Waals surface area contributed by atoms with Crippen molar-refractivity contribution in [3.05, 3.63) is 75.8 Å². The second kappa shape index (κ2) is 6.83. The van der Waals surface area contributed by atoms with Gasteiger partial charge in [-0.05, 0) is 36.8 Å². The molecule has 0 radical (unpaired) electrons. The third-order valence-corrected chi connectivity index (χ3v) is 6.49. The summed E-state index contributed by atoms with van der Waals surface area (Å²) in [5.41, 5.74) is 2.78. The highest BCUT2D eigenvalue weighted by Gasteiger charge is 2.44. The Morgan fingerprint density at radius 2 is 1.93 bits per heavy atom. The van der Waals surface area contributed by atoms with Crippen LogP contribution in [0.2, 0.25) is 0 Å². The van der Waals surface area contributed by atoms with Gasteiger partial charge in [0.1, 0.15) is 11.5 Å². The van der Waals surface area contributed by atoms with Gasteiger partial charge in [0.05, 0.1) is 29.3 Å². The molecule has 0 bridgehead atoms. The van der Waals surface area contributed by atoms with E-state index >= 15 is 0 Å². The van der Waals surface area contributed by atoms with Crippen molar-refractivity contribution in [2.24, 2.45) is 0 Å². The van der Waals surface area contributed by atoms with Gasteiger partial charge in [-0.15, -0.1) is 11.3 Å². The molecule has 1 amide bonds. The monoisotopic (exact) mass is 396 g/mol. The molecule has 2 atom stereocenters. The largest absolute Gasteiger partial charge is 0.337 e. The smallest absolute Gasteiger partial charge is 0.271 e. The fourth-order valence-corrected chi connectivity index (χ4v) is 5.01. The Balaban J connectivity index is 1.42. The van der Waals surface area contributed by atoms with E-state index in [4.69, 9.17) is 0 Å². The van der Waals surface area contributed by atoms with Gasteiger partial charge in [0.15, 0.2) is 0 Å². The number of hydrogen-bond donors (Lipinski definition) is 0. The molecule has 144 valence electrons. The van der Waals surface area contributed by atoms with Gasteiger partial charge in [0, 0.05) is 31.2 Å². The minimum absolute atomic E-state index is 0.0699. The van der Waals surface area contributed by atoms with Crippen molar-refractivity contribution in [1.29, 1.82) is 0 Å². The molecule has 2 aromatic heterocycles. The molecule has 28 heavy (non-hydrogen) atoms. The molecule has 1 aromatic carbocycles. The molecule has 0 unspecified atom stereocenters. The van der Waals surface area contributed by atoms with E-state index < -0.39 is 0 Å². The predicted molar refractivity (Wildman–Crippen MR) is 106 cm³/mol. The van der Waals surface area contributed by atoms with E-state index in [1.165, 1.54) is 12.1 Å². The second-order valence-electron chi connectivity index (χ2n) is 7.55. The maximum absolute atomic E-state index is 13.2. The number of fused-ring (bicyclic) bond motifs is 3. The molecule has 7 heteroatoms. The molecule has 2 aliphatic heterocycles. The summed E-state index contributed by atoms with van der Waals surface area (Å²) in [6, 6.07) is 10.9. The van der Waals surface area contributed by atoms with Crippen molar-refractivity contribution >= 4 is 17.2 Å². The zero-order valence-corrected chi connectivity index (χ0v) is 16.4. The van der Waals surface area contributed by atoms with Gasteiger partial charge < -0.3 is 9.47 Å². The molecule has 0 N–H and O–H groups in total. The number of hydrogen-bond acceptors (Lipinski definition) is 4. The Morgan fingerprint density at radius 3 is 2.68 bits per heavy atom. The van der Waals surface area contributed by atoms with Gasteiger partial charge in [-0.1, -0.05) is 12.1 Å². The summed E-state index contributed by atoms with van der Waals surface area (Å²) in [5.74, 6) is -0.147. The van der Waals surface area contributed by atoms with E-state index in [2.05, 4.69) is 14.5 Å². The quantitative estimate of drug-likeness (QED) is 0.678. The number of rotatable bonds is 4. The van der Waals surface area contributed by atoms with Crippen molar-refractivity contribution in [2.45, 2.75) is 32.1 Å². The van der Waals surface area contributed by atoms with Gasteiger partial charge in [-0.25, -0.2) is 9.37 Å². The number of aryl methyl sites for hydroxylation is 1. The first-order valence-corrected chi connectivity index (χ1v) is 10.3. The Kier molecular flexibility index (Phi) is 4.29. The average Bonchev–Trinajstić information content (AvgIpc) is 3.40. The zero-order chi connectivity index (χ0) is 19.3. The summed E-state index contributed by atoms with van der Waals surface area (Å²) in [4.78, 5) is 22.1. The van der Waals surface area contributed by atoms with E-state index in [9.17, 15) is 9.18 Å². The zero-order valence-electron chi connectivity index (χ0n) is 15.6. The number of carbonyl (C=O) groups is 1. The highest BCUT2D eigenvalue weighted by atomic mass is 32.1. The Labute approximate surface area is 167 Å². The highest BCUT2D eigenvalue weighted by molar-refractivity contribution is 7.09. The lowest BCUT2D eigenvalue weighted by Gasteiger charge is -2.38. The van der Waals surface area contributed by atoms with Crippen LogP contribution in [0.1, 0.15) is 32.8 Å². The SMILES string of the molecule is Cc1nc(CN2C(=O)c3cccn3[C@@H]3CN(Cc4ccc(F)cc4)C[C@@H]32)cs1. The van der Waals surface area contributed by atoms with Crippen LogP contribution in [-0.4, -0.2) is 44.4 Å². The number of halogens is 1. The predicted octanol–water partition coefficient (Wildman–Crippen LogP) is 3.47.